The molecule has 4 nitrogen and oxygen atoms in total. The zero-order chi connectivity index (χ0) is 16.9. The number of thiazole rings is 1. The molecular formula is C17H22BNO3S. The third kappa shape index (κ3) is 2.85. The normalized spacial score (nSPS) is 22.1. The Balaban J connectivity index is 1.93. The lowest BCUT2D eigenvalue weighted by Crippen LogP contribution is -2.41. The van der Waals surface area contributed by atoms with Crippen molar-refractivity contribution in [2.45, 2.75) is 51.4 Å². The molecule has 1 aromatic heterocycles. The fraction of sp³-hybridized carbons (Fsp3) is 0.471. The van der Waals surface area contributed by atoms with Crippen LogP contribution >= 0.6 is 11.3 Å². The fourth-order valence-electron chi connectivity index (χ4n) is 2.55. The van der Waals surface area contributed by atoms with Gasteiger partial charge in [0.1, 0.15) is 10.6 Å². The lowest BCUT2D eigenvalue weighted by atomic mass is 9.77. The first-order valence-electron chi connectivity index (χ1n) is 7.72. The molecule has 0 radical (unpaired) electrons. The van der Waals surface area contributed by atoms with E-state index in [0.717, 1.165) is 11.0 Å². The first-order valence-corrected chi connectivity index (χ1v) is 8.60. The van der Waals surface area contributed by atoms with E-state index in [4.69, 9.17) is 9.31 Å². The predicted molar refractivity (Wildman–Crippen MR) is 92.9 cm³/mol. The van der Waals surface area contributed by atoms with Gasteiger partial charge in [-0.1, -0.05) is 24.3 Å². The third-order valence-electron chi connectivity index (χ3n) is 4.82. The molecule has 1 aliphatic rings. The van der Waals surface area contributed by atoms with E-state index in [9.17, 15) is 5.11 Å². The first-order chi connectivity index (χ1) is 10.6. The zero-order valence-corrected chi connectivity index (χ0v) is 15.0. The van der Waals surface area contributed by atoms with Gasteiger partial charge in [0.25, 0.3) is 0 Å². The van der Waals surface area contributed by atoms with Crippen molar-refractivity contribution < 1.29 is 14.4 Å². The number of rotatable bonds is 3. The molecule has 2 heterocycles. The van der Waals surface area contributed by atoms with Crippen LogP contribution in [0.2, 0.25) is 0 Å². The van der Waals surface area contributed by atoms with Gasteiger partial charge in [-0.15, -0.1) is 11.3 Å². The summed E-state index contributed by atoms with van der Waals surface area (Å²) in [5.41, 5.74) is -0.220. The Morgan fingerprint density at radius 3 is 2.39 bits per heavy atom. The van der Waals surface area contributed by atoms with Crippen LogP contribution < -0.4 is 5.46 Å². The van der Waals surface area contributed by atoms with Gasteiger partial charge >= 0.3 is 7.12 Å². The Morgan fingerprint density at radius 2 is 1.83 bits per heavy atom. The van der Waals surface area contributed by atoms with Gasteiger partial charge in [-0.3, -0.25) is 0 Å². The topological polar surface area (TPSA) is 51.6 Å². The molecule has 1 unspecified atom stereocenters. The van der Waals surface area contributed by atoms with E-state index in [1.165, 1.54) is 11.3 Å². The minimum atomic E-state index is -1.13. The SMILES string of the molecule is CC(O)(c1cccc(B2OC(C)(C)C(C)(C)O2)c1)c1nccs1. The number of benzene rings is 1. The summed E-state index contributed by atoms with van der Waals surface area (Å²) in [5, 5.41) is 13.4. The maximum Gasteiger partial charge on any atom is 0.494 e. The second kappa shape index (κ2) is 5.41. The Hall–Kier alpha value is -1.21. The van der Waals surface area contributed by atoms with Gasteiger partial charge in [-0.2, -0.15) is 0 Å². The minimum absolute atomic E-state index is 0.383. The second-order valence-corrected chi connectivity index (χ2v) is 8.02. The molecular weight excluding hydrogens is 309 g/mol. The summed E-state index contributed by atoms with van der Waals surface area (Å²) in [6, 6.07) is 7.71. The summed E-state index contributed by atoms with van der Waals surface area (Å²) >= 11 is 1.44. The smallest absolute Gasteiger partial charge is 0.399 e. The molecule has 0 amide bonds. The van der Waals surface area contributed by atoms with Crippen LogP contribution in [0.5, 0.6) is 0 Å². The zero-order valence-electron chi connectivity index (χ0n) is 14.2. The molecule has 1 aliphatic heterocycles. The molecule has 1 fully saturated rings. The molecule has 1 N–H and O–H groups in total. The highest BCUT2D eigenvalue weighted by molar-refractivity contribution is 7.09. The van der Waals surface area contributed by atoms with Crippen molar-refractivity contribution in [1.82, 2.24) is 4.98 Å². The highest BCUT2D eigenvalue weighted by Crippen LogP contribution is 2.37. The summed E-state index contributed by atoms with van der Waals surface area (Å²) < 4.78 is 12.2. The van der Waals surface area contributed by atoms with Crippen molar-refractivity contribution in [1.29, 1.82) is 0 Å². The largest absolute Gasteiger partial charge is 0.494 e. The van der Waals surface area contributed by atoms with Crippen molar-refractivity contribution in [2.24, 2.45) is 0 Å². The maximum absolute atomic E-state index is 10.9. The molecule has 0 saturated carbocycles. The van der Waals surface area contributed by atoms with Crippen LogP contribution in [0.15, 0.2) is 35.8 Å². The van der Waals surface area contributed by atoms with Gasteiger partial charge in [0.15, 0.2) is 0 Å². The van der Waals surface area contributed by atoms with E-state index >= 15 is 0 Å². The van der Waals surface area contributed by atoms with Crippen LogP contribution in [0.4, 0.5) is 0 Å². The van der Waals surface area contributed by atoms with Crippen molar-refractivity contribution in [3.8, 4) is 0 Å². The lowest BCUT2D eigenvalue weighted by molar-refractivity contribution is 0.00578. The van der Waals surface area contributed by atoms with Gasteiger partial charge < -0.3 is 14.4 Å². The first kappa shape index (κ1) is 16.6. The average molecular weight is 331 g/mol. The monoisotopic (exact) mass is 331 g/mol. The van der Waals surface area contributed by atoms with Gasteiger partial charge in [0.2, 0.25) is 0 Å². The highest BCUT2D eigenvalue weighted by atomic mass is 32.1. The molecule has 1 atom stereocenters. The Bertz CT molecular complexity index is 682. The van der Waals surface area contributed by atoms with Gasteiger partial charge in [-0.05, 0) is 45.6 Å². The Kier molecular flexibility index (Phi) is 3.92. The number of aliphatic hydroxyl groups is 1. The summed E-state index contributed by atoms with van der Waals surface area (Å²) in [6.07, 6.45) is 1.70. The van der Waals surface area contributed by atoms with Gasteiger partial charge in [0, 0.05) is 11.6 Å². The Labute approximate surface area is 141 Å². The van der Waals surface area contributed by atoms with E-state index in [2.05, 4.69) is 4.98 Å². The van der Waals surface area contributed by atoms with E-state index in [-0.39, 0.29) is 11.2 Å². The fourth-order valence-corrected chi connectivity index (χ4v) is 3.27. The summed E-state index contributed by atoms with van der Waals surface area (Å²) in [7, 11) is -0.438. The molecule has 0 bridgehead atoms. The number of hydrogen-bond donors (Lipinski definition) is 1. The molecule has 3 rings (SSSR count). The number of nitrogens with zero attached hydrogens (tertiary/aromatic N) is 1. The van der Waals surface area contributed by atoms with E-state index in [1.54, 1.807) is 13.1 Å². The lowest BCUT2D eigenvalue weighted by Gasteiger charge is -2.32. The van der Waals surface area contributed by atoms with Crippen LogP contribution in [0.3, 0.4) is 0 Å². The molecule has 1 saturated heterocycles. The van der Waals surface area contributed by atoms with Crippen molar-refractivity contribution in [2.75, 3.05) is 0 Å². The van der Waals surface area contributed by atoms with Crippen LogP contribution in [0, 0.1) is 0 Å². The van der Waals surface area contributed by atoms with Crippen LogP contribution in [-0.2, 0) is 14.9 Å². The molecule has 122 valence electrons. The van der Waals surface area contributed by atoms with Gasteiger partial charge in [-0.25, -0.2) is 4.98 Å². The predicted octanol–water partition coefficient (Wildman–Crippen LogP) is 2.70. The number of hydrogen-bond acceptors (Lipinski definition) is 5. The van der Waals surface area contributed by atoms with E-state index in [0.29, 0.717) is 5.01 Å². The maximum atomic E-state index is 10.9. The quantitative estimate of drug-likeness (QED) is 0.879. The molecule has 0 spiro atoms. The van der Waals surface area contributed by atoms with Crippen molar-refractivity contribution in [3.05, 3.63) is 46.4 Å². The van der Waals surface area contributed by atoms with Crippen LogP contribution in [0.25, 0.3) is 0 Å². The van der Waals surface area contributed by atoms with Crippen molar-refractivity contribution >= 4 is 23.9 Å². The van der Waals surface area contributed by atoms with E-state index < -0.39 is 12.7 Å². The molecule has 2 aromatic rings. The summed E-state index contributed by atoms with van der Waals surface area (Å²) in [4.78, 5) is 4.24. The molecule has 1 aromatic carbocycles. The minimum Gasteiger partial charge on any atom is -0.399 e. The van der Waals surface area contributed by atoms with Crippen LogP contribution in [0.1, 0.15) is 45.2 Å². The van der Waals surface area contributed by atoms with E-state index in [1.807, 2.05) is 57.3 Å². The Morgan fingerprint density at radius 1 is 1.17 bits per heavy atom. The van der Waals surface area contributed by atoms with Crippen molar-refractivity contribution in [3.63, 3.8) is 0 Å². The standard InChI is InChI=1S/C17H22BNO3S/c1-15(2)16(3,4)22-18(21-15)13-8-6-7-12(11-13)17(5,20)14-19-9-10-23-14/h6-11,20H,1-5H3. The molecule has 0 aliphatic carbocycles. The van der Waals surface area contributed by atoms with Crippen LogP contribution in [-0.4, -0.2) is 28.4 Å². The third-order valence-corrected chi connectivity index (χ3v) is 5.81. The number of aromatic nitrogens is 1. The molecule has 6 heteroatoms. The molecule has 23 heavy (non-hydrogen) atoms. The highest BCUT2D eigenvalue weighted by Gasteiger charge is 2.51. The summed E-state index contributed by atoms with van der Waals surface area (Å²) in [5.74, 6) is 0. The average Bonchev–Trinajstić information content (AvgIpc) is 3.07. The second-order valence-electron chi connectivity index (χ2n) is 7.12. The summed E-state index contributed by atoms with van der Waals surface area (Å²) in [6.45, 7) is 9.88. The van der Waals surface area contributed by atoms with Gasteiger partial charge in [0.05, 0.1) is 11.2 Å².